The van der Waals surface area contributed by atoms with Gasteiger partial charge in [-0.15, -0.1) is 0 Å². The fourth-order valence-corrected chi connectivity index (χ4v) is 3.42. The summed E-state index contributed by atoms with van der Waals surface area (Å²) < 4.78 is 29.9. The van der Waals surface area contributed by atoms with Gasteiger partial charge in [0.05, 0.1) is 56.4 Å². The Morgan fingerprint density at radius 1 is 1.03 bits per heavy atom. The Kier molecular flexibility index (Phi) is 9.48. The summed E-state index contributed by atoms with van der Waals surface area (Å²) in [7, 11) is 3.64. The molecule has 0 aliphatic heterocycles. The average molecular weight is 479 g/mol. The van der Waals surface area contributed by atoms with Crippen molar-refractivity contribution < 1.29 is 48.3 Å². The Balaban J connectivity index is 2.74. The first-order valence-electron chi connectivity index (χ1n) is 10.1. The quantitative estimate of drug-likeness (QED) is 0.413. The van der Waals surface area contributed by atoms with E-state index < -0.39 is 42.4 Å². The Morgan fingerprint density at radius 3 is 2.15 bits per heavy atom. The zero-order chi connectivity index (χ0) is 25.4. The maximum Gasteiger partial charge on any atom is 0.340 e. The summed E-state index contributed by atoms with van der Waals surface area (Å²) in [6.07, 6.45) is -0.806. The second kappa shape index (κ2) is 12.1. The molecule has 0 radical (unpaired) electrons. The largest absolute Gasteiger partial charge is 0.481 e. The van der Waals surface area contributed by atoms with Crippen molar-refractivity contribution in [1.82, 2.24) is 4.57 Å². The summed E-state index contributed by atoms with van der Waals surface area (Å²) in [4.78, 5) is 36.2. The number of nitrogens with zero attached hydrogens (tertiary/aromatic N) is 1. The predicted octanol–water partition coefficient (Wildman–Crippen LogP) is 2.07. The normalized spacial score (nSPS) is 13.0. The molecule has 0 unspecified atom stereocenters. The monoisotopic (exact) mass is 479 g/mol. The molecule has 10 nitrogen and oxygen atoms in total. The highest BCUT2D eigenvalue weighted by Gasteiger charge is 2.32. The van der Waals surface area contributed by atoms with Crippen molar-refractivity contribution in [3.05, 3.63) is 53.0 Å². The van der Waals surface area contributed by atoms with Crippen molar-refractivity contribution in [3.8, 4) is 11.3 Å². The molecular weight excluding hydrogens is 453 g/mol. The van der Waals surface area contributed by atoms with E-state index in [-0.39, 0.29) is 35.5 Å². The third kappa shape index (κ3) is 6.28. The molecule has 1 aromatic heterocycles. The number of carbonyl (C=O) groups excluding carboxylic acids is 2. The molecule has 34 heavy (non-hydrogen) atoms. The lowest BCUT2D eigenvalue weighted by Gasteiger charge is -2.13. The van der Waals surface area contributed by atoms with Crippen LogP contribution in [0.1, 0.15) is 39.3 Å². The van der Waals surface area contributed by atoms with Gasteiger partial charge in [0.25, 0.3) is 0 Å². The van der Waals surface area contributed by atoms with Gasteiger partial charge in [-0.3, -0.25) is 4.79 Å². The van der Waals surface area contributed by atoms with Crippen LogP contribution < -0.4 is 0 Å². The van der Waals surface area contributed by atoms with E-state index in [4.69, 9.17) is 19.3 Å². The molecular formula is C23H26FNO9. The molecule has 0 fully saturated rings. The SMILES string of the molecule is COCc1c(C(=O)OC)c(C(=O)OC)c(-c2ccc(F)cc2)n1/C=C/[C@@H](O)C[C@@H](O)CC(=O)O. The highest BCUT2D eigenvalue weighted by atomic mass is 19.1. The molecule has 0 saturated heterocycles. The molecule has 2 aromatic rings. The Hall–Kier alpha value is -3.54. The number of halogens is 1. The molecule has 1 heterocycles. The second-order valence-corrected chi connectivity index (χ2v) is 7.23. The minimum Gasteiger partial charge on any atom is -0.481 e. The van der Waals surface area contributed by atoms with Gasteiger partial charge in [-0.2, -0.15) is 0 Å². The van der Waals surface area contributed by atoms with Crippen molar-refractivity contribution >= 4 is 24.1 Å². The van der Waals surface area contributed by atoms with Gasteiger partial charge in [0.15, 0.2) is 0 Å². The van der Waals surface area contributed by atoms with Crippen LogP contribution in [0.2, 0.25) is 0 Å². The van der Waals surface area contributed by atoms with E-state index in [0.29, 0.717) is 5.56 Å². The van der Waals surface area contributed by atoms with Gasteiger partial charge >= 0.3 is 17.9 Å². The minimum absolute atomic E-state index is 0.138. The van der Waals surface area contributed by atoms with Gasteiger partial charge in [0.1, 0.15) is 11.4 Å². The third-order valence-electron chi connectivity index (χ3n) is 4.87. The summed E-state index contributed by atoms with van der Waals surface area (Å²) in [5.74, 6) is -3.45. The summed E-state index contributed by atoms with van der Waals surface area (Å²) in [5, 5.41) is 28.8. The summed E-state index contributed by atoms with van der Waals surface area (Å²) in [5.41, 5.74) is 0.385. The molecule has 3 N–H and O–H groups in total. The van der Waals surface area contributed by atoms with Crippen molar-refractivity contribution in [2.45, 2.75) is 31.7 Å². The molecule has 2 atom stereocenters. The van der Waals surface area contributed by atoms with Crippen LogP contribution in [0.5, 0.6) is 0 Å². The molecule has 0 aliphatic rings. The van der Waals surface area contributed by atoms with Crippen LogP contribution in [0.4, 0.5) is 4.39 Å². The number of esters is 2. The predicted molar refractivity (Wildman–Crippen MR) is 117 cm³/mol. The van der Waals surface area contributed by atoms with E-state index in [2.05, 4.69) is 0 Å². The van der Waals surface area contributed by atoms with Gasteiger partial charge in [-0.05, 0) is 35.9 Å². The zero-order valence-corrected chi connectivity index (χ0v) is 18.9. The number of aromatic nitrogens is 1. The topological polar surface area (TPSA) is 145 Å². The first kappa shape index (κ1) is 26.7. The fourth-order valence-electron chi connectivity index (χ4n) is 3.42. The molecule has 0 amide bonds. The van der Waals surface area contributed by atoms with E-state index in [0.717, 1.165) is 14.2 Å². The van der Waals surface area contributed by atoms with E-state index in [1.54, 1.807) is 0 Å². The number of hydrogen-bond donors (Lipinski definition) is 3. The van der Waals surface area contributed by atoms with Gasteiger partial charge in [-0.1, -0.05) is 0 Å². The molecule has 184 valence electrons. The van der Waals surface area contributed by atoms with Crippen LogP contribution >= 0.6 is 0 Å². The highest BCUT2D eigenvalue weighted by molar-refractivity contribution is 6.09. The molecule has 11 heteroatoms. The summed E-state index contributed by atoms with van der Waals surface area (Å²) in [6.45, 7) is -0.155. The molecule has 0 aliphatic carbocycles. The number of carbonyl (C=O) groups is 3. The number of aliphatic carboxylic acids is 1. The Morgan fingerprint density at radius 2 is 1.62 bits per heavy atom. The van der Waals surface area contributed by atoms with E-state index >= 15 is 0 Å². The first-order valence-corrected chi connectivity index (χ1v) is 10.1. The van der Waals surface area contributed by atoms with Crippen LogP contribution in [-0.2, 0) is 25.6 Å². The standard InChI is InChI=1S/C23H26FNO9/c1-32-12-17-19(22(30)33-2)20(23(31)34-3)21(13-4-6-14(24)7-5-13)25(17)9-8-15(26)10-16(27)11-18(28)29/h4-9,15-16,26-27H,10-12H2,1-3H3,(H,28,29)/b9-8+/t15-,16-/m1/s1. The lowest BCUT2D eigenvalue weighted by molar-refractivity contribution is -0.139. The number of benzene rings is 1. The zero-order valence-electron chi connectivity index (χ0n) is 18.9. The molecule has 2 rings (SSSR count). The van der Waals surface area contributed by atoms with E-state index in [1.807, 2.05) is 0 Å². The summed E-state index contributed by atoms with van der Waals surface area (Å²) in [6, 6.07) is 5.13. The maximum atomic E-state index is 13.6. The number of ether oxygens (including phenoxy) is 3. The van der Waals surface area contributed by atoms with E-state index in [9.17, 15) is 29.0 Å². The number of rotatable bonds is 11. The van der Waals surface area contributed by atoms with Crippen LogP contribution in [0.15, 0.2) is 30.3 Å². The van der Waals surface area contributed by atoms with Gasteiger partial charge < -0.3 is 34.1 Å². The number of hydrogen-bond acceptors (Lipinski definition) is 8. The first-order chi connectivity index (χ1) is 16.1. The van der Waals surface area contributed by atoms with Crippen LogP contribution in [-0.4, -0.2) is 71.3 Å². The molecule has 1 aromatic carbocycles. The fraction of sp³-hybridized carbons (Fsp3) is 0.348. The Labute approximate surface area is 194 Å². The maximum absolute atomic E-state index is 13.6. The molecule has 0 bridgehead atoms. The number of carboxylic acid groups (broad SMARTS) is 1. The van der Waals surface area contributed by atoms with Crippen molar-refractivity contribution in [2.75, 3.05) is 21.3 Å². The lowest BCUT2D eigenvalue weighted by Crippen LogP contribution is -2.19. The number of aliphatic hydroxyl groups is 2. The van der Waals surface area contributed by atoms with Crippen LogP contribution in [0.25, 0.3) is 17.5 Å². The highest BCUT2D eigenvalue weighted by Crippen LogP contribution is 2.34. The molecule has 0 saturated carbocycles. The average Bonchev–Trinajstić information content (AvgIpc) is 3.10. The van der Waals surface area contributed by atoms with Gasteiger partial charge in [-0.25, -0.2) is 14.0 Å². The number of aliphatic hydroxyl groups excluding tert-OH is 2. The van der Waals surface area contributed by atoms with Crippen molar-refractivity contribution in [1.29, 1.82) is 0 Å². The summed E-state index contributed by atoms with van der Waals surface area (Å²) >= 11 is 0. The minimum atomic E-state index is -1.30. The van der Waals surface area contributed by atoms with Crippen molar-refractivity contribution in [2.24, 2.45) is 0 Å². The Bertz CT molecular complexity index is 1060. The van der Waals surface area contributed by atoms with Crippen LogP contribution in [0.3, 0.4) is 0 Å². The second-order valence-electron chi connectivity index (χ2n) is 7.23. The van der Waals surface area contributed by atoms with E-state index in [1.165, 1.54) is 48.2 Å². The van der Waals surface area contributed by atoms with Gasteiger partial charge in [0, 0.05) is 19.7 Å². The number of methoxy groups -OCH3 is 3. The molecule has 0 spiro atoms. The van der Waals surface area contributed by atoms with Crippen LogP contribution in [0, 0.1) is 5.82 Å². The number of carboxylic acids is 1. The third-order valence-corrected chi connectivity index (χ3v) is 4.87. The van der Waals surface area contributed by atoms with Crippen molar-refractivity contribution in [3.63, 3.8) is 0 Å². The lowest BCUT2D eigenvalue weighted by atomic mass is 10.0. The smallest absolute Gasteiger partial charge is 0.340 e. The van der Waals surface area contributed by atoms with Gasteiger partial charge in [0.2, 0.25) is 0 Å².